The smallest absolute Gasteiger partial charge is 0.0730 e. The first-order valence-electron chi connectivity index (χ1n) is 4.17. The molecule has 2 aliphatic rings. The number of nitrogens with one attached hydrogen (secondary N) is 3. The third-order valence-electron chi connectivity index (χ3n) is 2.35. The van der Waals surface area contributed by atoms with Gasteiger partial charge in [0.05, 0.1) is 6.17 Å². The van der Waals surface area contributed by atoms with Gasteiger partial charge in [0.2, 0.25) is 0 Å². The number of hydrogen-bond donors (Lipinski definition) is 3. The van der Waals surface area contributed by atoms with Crippen molar-refractivity contribution >= 4 is 0 Å². The molecule has 2 saturated heterocycles. The largest absolute Gasteiger partial charge is 0.310 e. The second-order valence-electron chi connectivity index (χ2n) is 3.09. The van der Waals surface area contributed by atoms with Gasteiger partial charge >= 0.3 is 0 Å². The van der Waals surface area contributed by atoms with Crippen LogP contribution < -0.4 is 16.0 Å². The Balaban J connectivity index is 1.93. The van der Waals surface area contributed by atoms with Crippen LogP contribution in [0.1, 0.15) is 12.8 Å². The molecule has 10 heavy (non-hydrogen) atoms. The van der Waals surface area contributed by atoms with E-state index in [4.69, 9.17) is 0 Å². The summed E-state index contributed by atoms with van der Waals surface area (Å²) in [6, 6.07) is 0.683. The number of rotatable bonds is 0. The summed E-state index contributed by atoms with van der Waals surface area (Å²) in [4.78, 5) is 0. The van der Waals surface area contributed by atoms with Gasteiger partial charge in [0.25, 0.3) is 0 Å². The predicted molar refractivity (Wildman–Crippen MR) is 40.8 cm³/mol. The average molecular weight is 141 g/mol. The Hall–Kier alpha value is -0.120. The van der Waals surface area contributed by atoms with Gasteiger partial charge in [0.1, 0.15) is 0 Å². The molecule has 58 valence electrons. The molecule has 0 amide bonds. The van der Waals surface area contributed by atoms with Crippen LogP contribution in [0.25, 0.3) is 0 Å². The van der Waals surface area contributed by atoms with E-state index in [0.717, 1.165) is 13.1 Å². The predicted octanol–water partition coefficient (Wildman–Crippen LogP) is -0.743. The zero-order valence-corrected chi connectivity index (χ0v) is 6.19. The van der Waals surface area contributed by atoms with Crippen molar-refractivity contribution in [1.29, 1.82) is 0 Å². The second kappa shape index (κ2) is 2.86. The molecule has 2 heterocycles. The summed E-state index contributed by atoms with van der Waals surface area (Å²) in [6.07, 6.45) is 3.18. The average Bonchev–Trinajstić information content (AvgIpc) is 2.05. The van der Waals surface area contributed by atoms with Crippen molar-refractivity contribution < 1.29 is 0 Å². The van der Waals surface area contributed by atoms with Gasteiger partial charge in [-0.1, -0.05) is 0 Å². The van der Waals surface area contributed by atoms with E-state index in [1.54, 1.807) is 0 Å². The molecule has 3 N–H and O–H groups in total. The fourth-order valence-corrected chi connectivity index (χ4v) is 1.81. The minimum absolute atomic E-state index is 0.544. The normalized spacial score (nSPS) is 40.8. The Labute approximate surface area is 61.6 Å². The zero-order valence-electron chi connectivity index (χ0n) is 6.19. The molecule has 2 fully saturated rings. The Bertz CT molecular complexity index is 89.4. The molecule has 2 rings (SSSR count). The van der Waals surface area contributed by atoms with Crippen molar-refractivity contribution in [2.75, 3.05) is 19.6 Å². The van der Waals surface area contributed by atoms with Gasteiger partial charge in [-0.15, -0.1) is 0 Å². The summed E-state index contributed by atoms with van der Waals surface area (Å²) >= 11 is 0. The van der Waals surface area contributed by atoms with Crippen LogP contribution in [0.3, 0.4) is 0 Å². The molecule has 0 aromatic rings. The number of fused-ring (bicyclic) bond motifs is 1. The van der Waals surface area contributed by atoms with Gasteiger partial charge in [0.15, 0.2) is 0 Å². The molecule has 0 spiro atoms. The fourth-order valence-electron chi connectivity index (χ4n) is 1.81. The van der Waals surface area contributed by atoms with Crippen molar-refractivity contribution in [2.45, 2.75) is 25.0 Å². The number of hydrogen-bond acceptors (Lipinski definition) is 3. The summed E-state index contributed by atoms with van der Waals surface area (Å²) in [5, 5.41) is 10.4. The number of piperidine rings is 1. The highest BCUT2D eigenvalue weighted by atomic mass is 15.2. The minimum Gasteiger partial charge on any atom is -0.310 e. The van der Waals surface area contributed by atoms with E-state index in [1.165, 1.54) is 19.4 Å². The first-order chi connectivity index (χ1) is 4.97. The summed E-state index contributed by atoms with van der Waals surface area (Å²) in [6.45, 7) is 3.41. The lowest BCUT2D eigenvalue weighted by molar-refractivity contribution is 0.230. The quantitative estimate of drug-likeness (QED) is 0.416. The third-order valence-corrected chi connectivity index (χ3v) is 2.35. The van der Waals surface area contributed by atoms with Crippen molar-refractivity contribution in [3.8, 4) is 0 Å². The van der Waals surface area contributed by atoms with Crippen molar-refractivity contribution in [3.05, 3.63) is 0 Å². The third kappa shape index (κ3) is 1.17. The molecular formula is C7H15N3. The van der Waals surface area contributed by atoms with E-state index in [1.807, 2.05) is 0 Å². The first kappa shape index (κ1) is 6.58. The van der Waals surface area contributed by atoms with Gasteiger partial charge in [-0.3, -0.25) is 5.32 Å². The lowest BCUT2D eigenvalue weighted by Crippen LogP contribution is -2.64. The van der Waals surface area contributed by atoms with Crippen molar-refractivity contribution in [2.24, 2.45) is 0 Å². The van der Waals surface area contributed by atoms with E-state index in [9.17, 15) is 0 Å². The topological polar surface area (TPSA) is 36.1 Å². The highest BCUT2D eigenvalue weighted by Crippen LogP contribution is 2.07. The van der Waals surface area contributed by atoms with E-state index in [2.05, 4.69) is 16.0 Å². The maximum Gasteiger partial charge on any atom is 0.0730 e. The van der Waals surface area contributed by atoms with Crippen LogP contribution in [-0.2, 0) is 0 Å². The van der Waals surface area contributed by atoms with Crippen LogP contribution >= 0.6 is 0 Å². The minimum atomic E-state index is 0.544. The van der Waals surface area contributed by atoms with E-state index in [-0.39, 0.29) is 0 Å². The first-order valence-corrected chi connectivity index (χ1v) is 4.17. The molecule has 2 aliphatic heterocycles. The van der Waals surface area contributed by atoms with E-state index < -0.39 is 0 Å². The maximum absolute atomic E-state index is 3.50. The summed E-state index contributed by atoms with van der Waals surface area (Å²) < 4.78 is 0. The van der Waals surface area contributed by atoms with Crippen LogP contribution in [0.5, 0.6) is 0 Å². The van der Waals surface area contributed by atoms with E-state index in [0.29, 0.717) is 12.2 Å². The van der Waals surface area contributed by atoms with Crippen LogP contribution in [0.2, 0.25) is 0 Å². The molecule has 0 aromatic carbocycles. The van der Waals surface area contributed by atoms with Gasteiger partial charge < -0.3 is 10.6 Å². The van der Waals surface area contributed by atoms with Gasteiger partial charge in [-0.25, -0.2) is 0 Å². The molecule has 0 bridgehead atoms. The highest BCUT2D eigenvalue weighted by Gasteiger charge is 2.25. The van der Waals surface area contributed by atoms with Crippen molar-refractivity contribution in [3.63, 3.8) is 0 Å². The highest BCUT2D eigenvalue weighted by molar-refractivity contribution is 4.88. The summed E-state index contributed by atoms with van der Waals surface area (Å²) in [7, 11) is 0. The SMILES string of the molecule is C1CNC2NCCNC2C1. The Morgan fingerprint density at radius 2 is 1.70 bits per heavy atom. The van der Waals surface area contributed by atoms with Crippen LogP contribution in [-0.4, -0.2) is 31.8 Å². The van der Waals surface area contributed by atoms with Crippen LogP contribution in [0.4, 0.5) is 0 Å². The maximum atomic E-state index is 3.50. The van der Waals surface area contributed by atoms with Gasteiger partial charge in [0, 0.05) is 19.1 Å². The lowest BCUT2D eigenvalue weighted by Gasteiger charge is -2.37. The Morgan fingerprint density at radius 1 is 0.900 bits per heavy atom. The molecule has 3 nitrogen and oxygen atoms in total. The molecule has 0 radical (unpaired) electrons. The monoisotopic (exact) mass is 141 g/mol. The lowest BCUT2D eigenvalue weighted by atomic mass is 10.0. The van der Waals surface area contributed by atoms with Crippen LogP contribution in [0.15, 0.2) is 0 Å². The number of piperazine rings is 1. The van der Waals surface area contributed by atoms with Crippen molar-refractivity contribution in [1.82, 2.24) is 16.0 Å². The fraction of sp³-hybridized carbons (Fsp3) is 1.00. The van der Waals surface area contributed by atoms with Gasteiger partial charge in [-0.05, 0) is 19.4 Å². The van der Waals surface area contributed by atoms with Gasteiger partial charge in [-0.2, -0.15) is 0 Å². The molecule has 0 saturated carbocycles. The molecule has 3 heteroatoms. The second-order valence-corrected chi connectivity index (χ2v) is 3.09. The van der Waals surface area contributed by atoms with Crippen LogP contribution in [0, 0.1) is 0 Å². The molecular weight excluding hydrogens is 126 g/mol. The van der Waals surface area contributed by atoms with E-state index >= 15 is 0 Å². The molecule has 0 aromatic heterocycles. The molecule has 2 atom stereocenters. The summed E-state index contributed by atoms with van der Waals surface area (Å²) in [5.41, 5.74) is 0. The Kier molecular flexibility index (Phi) is 1.88. The zero-order chi connectivity index (χ0) is 6.81. The Morgan fingerprint density at radius 3 is 2.60 bits per heavy atom. The molecule has 0 aliphatic carbocycles. The molecule has 2 unspecified atom stereocenters. The summed E-state index contributed by atoms with van der Waals surface area (Å²) in [5.74, 6) is 0. The standard InChI is InChI=1S/C7H15N3/c1-2-6-7(9-3-1)10-5-4-8-6/h6-10H,1-5H2.